The molecule has 2 heterocycles. The van der Waals surface area contributed by atoms with Gasteiger partial charge in [0.15, 0.2) is 0 Å². The van der Waals surface area contributed by atoms with Crippen LogP contribution in [0.5, 0.6) is 0 Å². The summed E-state index contributed by atoms with van der Waals surface area (Å²) in [5.41, 5.74) is 0. The van der Waals surface area contributed by atoms with Crippen molar-refractivity contribution in [3.63, 3.8) is 0 Å². The second kappa shape index (κ2) is 5.18. The lowest BCUT2D eigenvalue weighted by molar-refractivity contribution is 0.659. The fourth-order valence-electron chi connectivity index (χ4n) is 1.41. The van der Waals surface area contributed by atoms with Crippen molar-refractivity contribution in [3.05, 3.63) is 10.6 Å². The van der Waals surface area contributed by atoms with Crippen molar-refractivity contribution in [2.45, 2.75) is 18.9 Å². The molecule has 2 rings (SSSR count). The first-order valence-electron chi connectivity index (χ1n) is 4.65. The van der Waals surface area contributed by atoms with Gasteiger partial charge in [0.05, 0.1) is 0 Å². The van der Waals surface area contributed by atoms with Crippen LogP contribution in [0.2, 0.25) is 10.6 Å². The van der Waals surface area contributed by atoms with Gasteiger partial charge in [-0.15, -0.1) is 0 Å². The molecule has 1 aromatic heterocycles. The molecule has 7 heteroatoms. The zero-order chi connectivity index (χ0) is 10.7. The van der Waals surface area contributed by atoms with Crippen molar-refractivity contribution in [1.82, 2.24) is 15.0 Å². The summed E-state index contributed by atoms with van der Waals surface area (Å²) in [6.45, 7) is 0. The van der Waals surface area contributed by atoms with Crippen LogP contribution in [0.3, 0.4) is 0 Å². The minimum Gasteiger partial charge on any atom is -0.351 e. The van der Waals surface area contributed by atoms with E-state index in [1.54, 1.807) is 0 Å². The standard InChI is InChI=1S/C8H10Cl2N4S/c9-6-12-7(10)14-8(13-6)11-5-1-3-15-4-2-5/h5H,1-4H2,(H,11,12,13,14). The molecule has 0 atom stereocenters. The van der Waals surface area contributed by atoms with E-state index in [2.05, 4.69) is 20.3 Å². The molecule has 1 aliphatic rings. The number of hydrogen-bond acceptors (Lipinski definition) is 5. The number of rotatable bonds is 2. The number of nitrogens with one attached hydrogen (secondary N) is 1. The Kier molecular flexibility index (Phi) is 3.88. The van der Waals surface area contributed by atoms with Gasteiger partial charge in [0.1, 0.15) is 0 Å². The highest BCUT2D eigenvalue weighted by molar-refractivity contribution is 7.99. The minimum absolute atomic E-state index is 0.127. The van der Waals surface area contributed by atoms with Crippen LogP contribution in [0.25, 0.3) is 0 Å². The molecular formula is C8H10Cl2N4S. The molecule has 0 spiro atoms. The fraction of sp³-hybridized carbons (Fsp3) is 0.625. The van der Waals surface area contributed by atoms with Gasteiger partial charge in [-0.05, 0) is 47.5 Å². The van der Waals surface area contributed by atoms with Crippen LogP contribution in [-0.2, 0) is 0 Å². The van der Waals surface area contributed by atoms with Crippen LogP contribution in [0, 0.1) is 0 Å². The summed E-state index contributed by atoms with van der Waals surface area (Å²) in [4.78, 5) is 11.6. The van der Waals surface area contributed by atoms with Gasteiger partial charge in [-0.2, -0.15) is 26.7 Å². The molecule has 0 radical (unpaired) electrons. The first-order valence-corrected chi connectivity index (χ1v) is 6.56. The molecule has 0 aromatic carbocycles. The Morgan fingerprint density at radius 1 is 1.07 bits per heavy atom. The Hall–Kier alpha value is -0.260. The molecule has 0 aliphatic carbocycles. The van der Waals surface area contributed by atoms with E-state index in [4.69, 9.17) is 23.2 Å². The Morgan fingerprint density at radius 2 is 1.67 bits per heavy atom. The van der Waals surface area contributed by atoms with Gasteiger partial charge in [0.25, 0.3) is 0 Å². The van der Waals surface area contributed by atoms with E-state index < -0.39 is 0 Å². The average molecular weight is 265 g/mol. The maximum absolute atomic E-state index is 5.68. The Bertz CT molecular complexity index is 323. The van der Waals surface area contributed by atoms with Crippen molar-refractivity contribution in [2.24, 2.45) is 0 Å². The van der Waals surface area contributed by atoms with Crippen LogP contribution in [0.15, 0.2) is 0 Å². The third kappa shape index (κ3) is 3.36. The lowest BCUT2D eigenvalue weighted by Gasteiger charge is -2.22. The van der Waals surface area contributed by atoms with E-state index in [1.807, 2.05) is 11.8 Å². The largest absolute Gasteiger partial charge is 0.351 e. The van der Waals surface area contributed by atoms with E-state index in [1.165, 1.54) is 11.5 Å². The van der Waals surface area contributed by atoms with Crippen LogP contribution >= 0.6 is 35.0 Å². The first kappa shape index (κ1) is 11.2. The molecule has 0 saturated carbocycles. The summed E-state index contributed by atoms with van der Waals surface area (Å²) in [5, 5.41) is 3.47. The van der Waals surface area contributed by atoms with Gasteiger partial charge < -0.3 is 5.32 Å². The number of hydrogen-bond donors (Lipinski definition) is 1. The topological polar surface area (TPSA) is 50.7 Å². The second-order valence-corrected chi connectivity index (χ2v) is 5.13. The molecule has 1 N–H and O–H groups in total. The predicted octanol–water partition coefficient (Wildman–Crippen LogP) is 2.49. The molecule has 4 nitrogen and oxygen atoms in total. The minimum atomic E-state index is 0.127. The van der Waals surface area contributed by atoms with Crippen molar-refractivity contribution in [2.75, 3.05) is 16.8 Å². The Morgan fingerprint density at radius 3 is 2.27 bits per heavy atom. The van der Waals surface area contributed by atoms with Gasteiger partial charge in [0, 0.05) is 6.04 Å². The van der Waals surface area contributed by atoms with E-state index in [0.717, 1.165) is 12.8 Å². The molecule has 0 unspecified atom stereocenters. The van der Waals surface area contributed by atoms with Gasteiger partial charge >= 0.3 is 0 Å². The predicted molar refractivity (Wildman–Crippen MR) is 63.8 cm³/mol. The highest BCUT2D eigenvalue weighted by Gasteiger charge is 2.15. The van der Waals surface area contributed by atoms with E-state index in [0.29, 0.717) is 12.0 Å². The highest BCUT2D eigenvalue weighted by Crippen LogP contribution is 2.20. The lowest BCUT2D eigenvalue weighted by atomic mass is 10.2. The van der Waals surface area contributed by atoms with Gasteiger partial charge in [-0.1, -0.05) is 0 Å². The maximum atomic E-state index is 5.68. The Labute approximate surface area is 102 Å². The van der Waals surface area contributed by atoms with Gasteiger partial charge in [-0.25, -0.2) is 0 Å². The van der Waals surface area contributed by atoms with Crippen LogP contribution in [0.1, 0.15) is 12.8 Å². The second-order valence-electron chi connectivity index (χ2n) is 3.23. The molecule has 0 bridgehead atoms. The Balaban J connectivity index is 2.02. The molecule has 82 valence electrons. The van der Waals surface area contributed by atoms with Crippen molar-refractivity contribution in [1.29, 1.82) is 0 Å². The van der Waals surface area contributed by atoms with Crippen molar-refractivity contribution in [3.8, 4) is 0 Å². The average Bonchev–Trinajstić information content (AvgIpc) is 2.17. The SMILES string of the molecule is Clc1nc(Cl)nc(NC2CCSCC2)n1. The molecule has 1 aliphatic heterocycles. The fourth-order valence-corrected chi connectivity index (χ4v) is 2.88. The number of anilines is 1. The third-order valence-electron chi connectivity index (χ3n) is 2.14. The number of halogens is 2. The molecule has 1 aromatic rings. The summed E-state index contributed by atoms with van der Waals surface area (Å²) < 4.78 is 0. The molecule has 15 heavy (non-hydrogen) atoms. The number of nitrogens with zero attached hydrogens (tertiary/aromatic N) is 3. The van der Waals surface area contributed by atoms with E-state index in [-0.39, 0.29) is 10.6 Å². The maximum Gasteiger partial charge on any atom is 0.228 e. The summed E-state index contributed by atoms with van der Waals surface area (Å²) >= 11 is 13.3. The lowest BCUT2D eigenvalue weighted by Crippen LogP contribution is -2.25. The molecule has 1 saturated heterocycles. The normalized spacial score (nSPS) is 17.7. The zero-order valence-corrected chi connectivity index (χ0v) is 10.2. The number of thioether (sulfide) groups is 1. The van der Waals surface area contributed by atoms with E-state index >= 15 is 0 Å². The monoisotopic (exact) mass is 264 g/mol. The summed E-state index contributed by atoms with van der Waals surface area (Å²) in [6, 6.07) is 0.417. The summed E-state index contributed by atoms with van der Waals surface area (Å²) in [5.74, 6) is 2.81. The quantitative estimate of drug-likeness (QED) is 0.890. The third-order valence-corrected chi connectivity index (χ3v) is 3.52. The molecule has 1 fully saturated rings. The van der Waals surface area contributed by atoms with E-state index in [9.17, 15) is 0 Å². The summed E-state index contributed by atoms with van der Waals surface area (Å²) in [6.07, 6.45) is 2.23. The van der Waals surface area contributed by atoms with Gasteiger partial charge in [0.2, 0.25) is 16.5 Å². The first-order chi connectivity index (χ1) is 7.24. The highest BCUT2D eigenvalue weighted by atomic mass is 35.5. The van der Waals surface area contributed by atoms with Crippen LogP contribution in [0.4, 0.5) is 5.95 Å². The smallest absolute Gasteiger partial charge is 0.228 e. The number of aromatic nitrogens is 3. The van der Waals surface area contributed by atoms with Crippen molar-refractivity contribution >= 4 is 40.9 Å². The van der Waals surface area contributed by atoms with Crippen molar-refractivity contribution < 1.29 is 0 Å². The zero-order valence-electron chi connectivity index (χ0n) is 7.91. The van der Waals surface area contributed by atoms with Crippen LogP contribution in [-0.4, -0.2) is 32.5 Å². The van der Waals surface area contributed by atoms with Crippen LogP contribution < -0.4 is 5.32 Å². The van der Waals surface area contributed by atoms with Gasteiger partial charge in [-0.3, -0.25) is 0 Å². The molecular weight excluding hydrogens is 255 g/mol. The summed E-state index contributed by atoms with van der Waals surface area (Å²) in [7, 11) is 0. The molecule has 0 amide bonds.